The molecular weight excluding hydrogens is 350 g/mol. The lowest BCUT2D eigenvalue weighted by atomic mass is 10.1. The highest BCUT2D eigenvalue weighted by atomic mass is 127. The molecule has 1 aliphatic rings. The third-order valence-corrected chi connectivity index (χ3v) is 6.33. The zero-order valence-corrected chi connectivity index (χ0v) is 12.8. The second-order valence-corrected chi connectivity index (χ2v) is 7.32. The first kappa shape index (κ1) is 13.4. The Labute approximate surface area is 116 Å². The summed E-state index contributed by atoms with van der Waals surface area (Å²) < 4.78 is 11.9. The van der Waals surface area contributed by atoms with E-state index in [9.17, 15) is 4.89 Å². The number of benzene rings is 1. The van der Waals surface area contributed by atoms with Crippen LogP contribution in [0.5, 0.6) is 0 Å². The number of rotatable bonds is 3. The highest BCUT2D eigenvalue weighted by Crippen LogP contribution is 2.65. The molecule has 0 amide bonds. The van der Waals surface area contributed by atoms with Crippen molar-refractivity contribution in [2.75, 3.05) is 0 Å². The first-order chi connectivity index (χ1) is 7.91. The van der Waals surface area contributed by atoms with E-state index in [-0.39, 0.29) is 0 Å². The Hall–Kier alpha value is 0. The highest BCUT2D eigenvalue weighted by Gasteiger charge is 2.46. The minimum Gasteiger partial charge on any atom is -0.627 e. The van der Waals surface area contributed by atoms with Gasteiger partial charge in [0.25, 0.3) is 7.94 Å². The molecule has 2 rings (SSSR count). The highest BCUT2D eigenvalue weighted by molar-refractivity contribution is 14.1. The van der Waals surface area contributed by atoms with E-state index in [0.717, 1.165) is 9.14 Å². The first-order valence-electron chi connectivity index (χ1n) is 5.29. The molecule has 1 heterocycles. The second-order valence-electron chi connectivity index (χ2n) is 4.38. The predicted octanol–water partition coefficient (Wildman–Crippen LogP) is 3.41. The van der Waals surface area contributed by atoms with Gasteiger partial charge in [-0.2, -0.15) is 4.52 Å². The summed E-state index contributed by atoms with van der Waals surface area (Å²) in [7, 11) is -3.08. The molecule has 0 saturated heterocycles. The van der Waals surface area contributed by atoms with Crippen LogP contribution in [0.1, 0.15) is 19.4 Å². The van der Waals surface area contributed by atoms with E-state index in [0.29, 0.717) is 6.61 Å². The summed E-state index contributed by atoms with van der Waals surface area (Å²) >= 11 is 2.14. The van der Waals surface area contributed by atoms with Gasteiger partial charge in [0.15, 0.2) is 0 Å². The van der Waals surface area contributed by atoms with E-state index in [2.05, 4.69) is 22.6 Å². The van der Waals surface area contributed by atoms with Crippen LogP contribution in [-0.4, -0.2) is 5.60 Å². The molecule has 1 aromatic carbocycles. The minimum absolute atomic E-state index is 0.300. The average Bonchev–Trinajstić information content (AvgIpc) is 2.47. The Morgan fingerprint density at radius 3 is 2.53 bits per heavy atom. The van der Waals surface area contributed by atoms with E-state index in [1.165, 1.54) is 0 Å². The summed E-state index contributed by atoms with van der Waals surface area (Å²) in [6, 6.07) is 9.65. The van der Waals surface area contributed by atoms with Gasteiger partial charge in [-0.1, -0.05) is 30.3 Å². The largest absolute Gasteiger partial charge is 0.627 e. The number of hydrogen-bond donors (Lipinski definition) is 0. The molecular formula is C12H14IO3P. The van der Waals surface area contributed by atoms with Gasteiger partial charge in [0.1, 0.15) is 18.0 Å². The molecule has 92 valence electrons. The molecule has 0 aromatic heterocycles. The molecule has 0 aliphatic carbocycles. The normalized spacial score (nSPS) is 26.9. The summed E-state index contributed by atoms with van der Waals surface area (Å²) in [6.07, 6.45) is 0. The van der Waals surface area contributed by atoms with Crippen LogP contribution in [0.2, 0.25) is 0 Å². The maximum absolute atomic E-state index is 12.3. The minimum atomic E-state index is -3.08. The fourth-order valence-corrected chi connectivity index (χ4v) is 4.62. The van der Waals surface area contributed by atoms with Crippen molar-refractivity contribution in [3.63, 3.8) is 0 Å². The van der Waals surface area contributed by atoms with Crippen molar-refractivity contribution in [2.45, 2.75) is 26.1 Å². The van der Waals surface area contributed by atoms with Crippen molar-refractivity contribution < 1.29 is 13.9 Å². The number of halogens is 1. The lowest BCUT2D eigenvalue weighted by Gasteiger charge is -2.24. The van der Waals surface area contributed by atoms with E-state index >= 15 is 0 Å². The van der Waals surface area contributed by atoms with Crippen LogP contribution in [-0.2, 0) is 15.7 Å². The van der Waals surface area contributed by atoms with Crippen molar-refractivity contribution in [1.82, 2.24) is 0 Å². The smallest absolute Gasteiger partial charge is 0.266 e. The molecule has 3 nitrogen and oxygen atoms in total. The van der Waals surface area contributed by atoms with Gasteiger partial charge in [0.2, 0.25) is 0 Å². The van der Waals surface area contributed by atoms with Crippen LogP contribution < -0.4 is 4.89 Å². The Morgan fingerprint density at radius 1 is 1.35 bits per heavy atom. The standard InChI is InChI=1S/C12H14IO3P/c1-12(2)11(13)9-17(14,16-12)15-8-10-6-4-3-5-7-10/h3-7,9H,8H2,1-2H3. The fraction of sp³-hybridized carbons (Fsp3) is 0.333. The Morgan fingerprint density at radius 2 is 2.00 bits per heavy atom. The lowest BCUT2D eigenvalue weighted by molar-refractivity contribution is -0.219. The molecule has 0 radical (unpaired) electrons. The van der Waals surface area contributed by atoms with Gasteiger partial charge >= 0.3 is 0 Å². The van der Waals surface area contributed by atoms with E-state index in [1.54, 1.807) is 5.82 Å². The van der Waals surface area contributed by atoms with Crippen LogP contribution >= 0.6 is 30.5 Å². The Kier molecular flexibility index (Phi) is 3.90. The molecule has 0 spiro atoms. The summed E-state index contributed by atoms with van der Waals surface area (Å²) in [5, 5.41) is 0. The monoisotopic (exact) mass is 364 g/mol. The summed E-state index contributed by atoms with van der Waals surface area (Å²) in [4.78, 5) is 12.3. The second kappa shape index (κ2) is 4.94. The summed E-state index contributed by atoms with van der Waals surface area (Å²) in [5.74, 6) is 1.61. The van der Waals surface area contributed by atoms with E-state index in [1.807, 2.05) is 44.2 Å². The van der Waals surface area contributed by atoms with E-state index < -0.39 is 13.5 Å². The molecule has 0 saturated carbocycles. The van der Waals surface area contributed by atoms with Crippen molar-refractivity contribution in [1.29, 1.82) is 0 Å². The zero-order chi connectivity index (χ0) is 12.5. The van der Waals surface area contributed by atoms with Gasteiger partial charge in [-0.25, -0.2) is 4.52 Å². The Bertz CT molecular complexity index is 433. The van der Waals surface area contributed by atoms with Crippen LogP contribution in [0.3, 0.4) is 0 Å². The zero-order valence-electron chi connectivity index (χ0n) is 9.72. The summed E-state index contributed by atoms with van der Waals surface area (Å²) in [5.41, 5.74) is 0.478. The summed E-state index contributed by atoms with van der Waals surface area (Å²) in [6.45, 7) is 4.07. The van der Waals surface area contributed by atoms with Crippen LogP contribution in [0.25, 0.3) is 0 Å². The first-order valence-corrected chi connectivity index (χ1v) is 7.98. The van der Waals surface area contributed by atoms with Crippen molar-refractivity contribution in [2.24, 2.45) is 0 Å². The third kappa shape index (κ3) is 3.26. The van der Waals surface area contributed by atoms with Crippen molar-refractivity contribution in [3.05, 3.63) is 45.3 Å². The molecule has 17 heavy (non-hydrogen) atoms. The molecule has 0 fully saturated rings. The van der Waals surface area contributed by atoms with Gasteiger partial charge in [-0.15, -0.1) is 0 Å². The van der Waals surface area contributed by atoms with E-state index in [4.69, 9.17) is 9.05 Å². The predicted molar refractivity (Wildman–Crippen MR) is 75.4 cm³/mol. The Balaban J connectivity index is 2.01. The van der Waals surface area contributed by atoms with Gasteiger partial charge in [-0.05, 0) is 42.0 Å². The number of hydrogen-bond acceptors (Lipinski definition) is 3. The third-order valence-electron chi connectivity index (χ3n) is 2.46. The molecule has 1 aliphatic heterocycles. The molecule has 5 heteroatoms. The molecule has 1 aromatic rings. The molecule has 0 bridgehead atoms. The fourth-order valence-electron chi connectivity index (χ4n) is 1.48. The van der Waals surface area contributed by atoms with Crippen LogP contribution in [0.4, 0.5) is 0 Å². The maximum atomic E-state index is 12.3. The van der Waals surface area contributed by atoms with Gasteiger partial charge in [-0.3, -0.25) is 0 Å². The van der Waals surface area contributed by atoms with Gasteiger partial charge in [0, 0.05) is 0 Å². The topological polar surface area (TPSA) is 41.5 Å². The van der Waals surface area contributed by atoms with Crippen LogP contribution in [0.15, 0.2) is 39.7 Å². The quantitative estimate of drug-likeness (QED) is 0.610. The van der Waals surface area contributed by atoms with Crippen molar-refractivity contribution >= 4 is 30.5 Å². The van der Waals surface area contributed by atoms with Crippen molar-refractivity contribution in [3.8, 4) is 0 Å². The molecule has 0 N–H and O–H groups in total. The molecule has 1 unspecified atom stereocenters. The SMILES string of the molecule is CC1(C)O[P+]([O-])(OCc2ccccc2)C=C1I. The maximum Gasteiger partial charge on any atom is 0.266 e. The van der Waals surface area contributed by atoms with Gasteiger partial charge < -0.3 is 4.89 Å². The van der Waals surface area contributed by atoms with Gasteiger partial charge in [0.05, 0.1) is 3.58 Å². The molecule has 1 atom stereocenters. The van der Waals surface area contributed by atoms with Crippen LogP contribution in [0, 0.1) is 0 Å². The average molecular weight is 364 g/mol. The lowest BCUT2D eigenvalue weighted by Crippen LogP contribution is -2.22.